The van der Waals surface area contributed by atoms with E-state index in [9.17, 15) is 0 Å². The minimum absolute atomic E-state index is 0.175. The molecule has 1 aliphatic rings. The highest BCUT2D eigenvalue weighted by atomic mass is 16.3. The lowest BCUT2D eigenvalue weighted by Crippen LogP contribution is -2.30. The SMILES string of the molecule is CC1(C)c2ccccc2N(c2ccccc2)c2ccc(-c3ccc(N(c4ccc(-c5ccccc5)cc4)c4ccc5c(c4)oc4ccccc45)cc3)cc21. The van der Waals surface area contributed by atoms with Crippen LogP contribution in [0.2, 0.25) is 0 Å². The van der Waals surface area contributed by atoms with Gasteiger partial charge in [0, 0.05) is 45.0 Å². The summed E-state index contributed by atoms with van der Waals surface area (Å²) in [5.74, 6) is 0. The molecule has 0 unspecified atom stereocenters. The van der Waals surface area contributed by atoms with Crippen molar-refractivity contribution in [1.29, 1.82) is 0 Å². The average molecular weight is 695 g/mol. The van der Waals surface area contributed by atoms with Crippen LogP contribution in [0, 0.1) is 0 Å². The molecule has 1 aliphatic heterocycles. The molecule has 0 spiro atoms. The molecule has 3 nitrogen and oxygen atoms in total. The highest BCUT2D eigenvalue weighted by molar-refractivity contribution is 6.06. The van der Waals surface area contributed by atoms with Gasteiger partial charge >= 0.3 is 0 Å². The van der Waals surface area contributed by atoms with Gasteiger partial charge in [0.05, 0.1) is 11.4 Å². The highest BCUT2D eigenvalue weighted by Crippen LogP contribution is 2.52. The lowest BCUT2D eigenvalue weighted by Gasteiger charge is -2.42. The van der Waals surface area contributed by atoms with Crippen molar-refractivity contribution >= 4 is 56.1 Å². The maximum atomic E-state index is 6.36. The third kappa shape index (κ3) is 5.28. The van der Waals surface area contributed by atoms with Gasteiger partial charge in [0.25, 0.3) is 0 Å². The van der Waals surface area contributed by atoms with Crippen LogP contribution in [0.4, 0.5) is 34.1 Å². The van der Waals surface area contributed by atoms with Gasteiger partial charge in [-0.25, -0.2) is 0 Å². The number of hydrogen-bond acceptors (Lipinski definition) is 3. The van der Waals surface area contributed by atoms with Gasteiger partial charge in [-0.2, -0.15) is 0 Å². The molecule has 0 bridgehead atoms. The van der Waals surface area contributed by atoms with E-state index in [0.717, 1.165) is 44.7 Å². The average Bonchev–Trinajstić information content (AvgIpc) is 3.60. The van der Waals surface area contributed by atoms with Crippen molar-refractivity contribution in [3.8, 4) is 22.3 Å². The minimum atomic E-state index is -0.175. The summed E-state index contributed by atoms with van der Waals surface area (Å²) in [5.41, 5.74) is 15.8. The first kappa shape index (κ1) is 31.9. The Morgan fingerprint density at radius 3 is 1.69 bits per heavy atom. The standard InChI is InChI=1S/C51H38N2O/c1-51(2)45-18-10-11-19-47(45)53(39-15-7-4-8-16-39)48-32-25-38(33-46(48)51)37-23-28-41(29-24-37)52(40-26-21-36(22-27-40)35-13-5-3-6-14-35)42-30-31-44-43-17-9-12-20-49(43)54-50(44)34-42/h3-34H,1-2H3. The van der Waals surface area contributed by atoms with Crippen LogP contribution in [0.3, 0.4) is 0 Å². The molecule has 258 valence electrons. The molecule has 0 saturated heterocycles. The van der Waals surface area contributed by atoms with E-state index in [2.05, 4.69) is 206 Å². The largest absolute Gasteiger partial charge is 0.456 e. The van der Waals surface area contributed by atoms with Crippen LogP contribution in [0.5, 0.6) is 0 Å². The number of benzene rings is 8. The fourth-order valence-corrected chi connectivity index (χ4v) is 8.28. The Morgan fingerprint density at radius 2 is 0.944 bits per heavy atom. The number of nitrogens with zero attached hydrogens (tertiary/aromatic N) is 2. The molecule has 3 heteroatoms. The molecule has 0 radical (unpaired) electrons. The first-order chi connectivity index (χ1) is 26.5. The van der Waals surface area contributed by atoms with Gasteiger partial charge in [0.15, 0.2) is 0 Å². The van der Waals surface area contributed by atoms with Gasteiger partial charge < -0.3 is 14.2 Å². The van der Waals surface area contributed by atoms with Gasteiger partial charge in [-0.15, -0.1) is 0 Å². The predicted molar refractivity (Wildman–Crippen MR) is 226 cm³/mol. The Morgan fingerprint density at radius 1 is 0.407 bits per heavy atom. The van der Waals surface area contributed by atoms with E-state index in [0.29, 0.717) is 0 Å². The van der Waals surface area contributed by atoms with Gasteiger partial charge in [-0.3, -0.25) is 0 Å². The second-order valence-electron chi connectivity index (χ2n) is 14.6. The van der Waals surface area contributed by atoms with Crippen molar-refractivity contribution in [2.24, 2.45) is 0 Å². The van der Waals surface area contributed by atoms with Crippen LogP contribution in [0.25, 0.3) is 44.2 Å². The molecular formula is C51H38N2O. The Hall–Kier alpha value is -6.84. The maximum Gasteiger partial charge on any atom is 0.137 e. The summed E-state index contributed by atoms with van der Waals surface area (Å²) < 4.78 is 6.36. The molecule has 0 N–H and O–H groups in total. The fraction of sp³-hybridized carbons (Fsp3) is 0.0588. The summed E-state index contributed by atoms with van der Waals surface area (Å²) in [5, 5.41) is 2.25. The normalized spacial score (nSPS) is 13.1. The molecule has 0 fully saturated rings. The summed E-state index contributed by atoms with van der Waals surface area (Å²) in [6, 6.07) is 69.6. The zero-order chi connectivity index (χ0) is 36.2. The number of hydrogen-bond donors (Lipinski definition) is 0. The highest BCUT2D eigenvalue weighted by Gasteiger charge is 2.37. The van der Waals surface area contributed by atoms with E-state index in [1.54, 1.807) is 0 Å². The smallest absolute Gasteiger partial charge is 0.137 e. The second-order valence-corrected chi connectivity index (χ2v) is 14.6. The molecule has 8 aromatic carbocycles. The summed E-state index contributed by atoms with van der Waals surface area (Å²) >= 11 is 0. The number of anilines is 6. The molecule has 10 rings (SSSR count). The Kier molecular flexibility index (Phi) is 7.48. The van der Waals surface area contributed by atoms with E-state index in [1.165, 1.54) is 44.8 Å². The van der Waals surface area contributed by atoms with Crippen LogP contribution in [0.15, 0.2) is 199 Å². The molecule has 0 atom stereocenters. The van der Waals surface area contributed by atoms with Crippen molar-refractivity contribution < 1.29 is 4.42 Å². The molecule has 0 aliphatic carbocycles. The van der Waals surface area contributed by atoms with Crippen LogP contribution >= 0.6 is 0 Å². The third-order valence-corrected chi connectivity index (χ3v) is 11.1. The summed E-state index contributed by atoms with van der Waals surface area (Å²) in [4.78, 5) is 4.72. The molecule has 0 saturated carbocycles. The van der Waals surface area contributed by atoms with E-state index in [4.69, 9.17) is 4.42 Å². The fourth-order valence-electron chi connectivity index (χ4n) is 8.28. The van der Waals surface area contributed by atoms with Gasteiger partial charge in [0.1, 0.15) is 11.2 Å². The van der Waals surface area contributed by atoms with Crippen LogP contribution in [-0.4, -0.2) is 0 Å². The molecule has 54 heavy (non-hydrogen) atoms. The van der Waals surface area contributed by atoms with Crippen LogP contribution < -0.4 is 9.80 Å². The summed E-state index contributed by atoms with van der Waals surface area (Å²) in [6.45, 7) is 4.69. The van der Waals surface area contributed by atoms with Crippen molar-refractivity contribution in [2.45, 2.75) is 19.3 Å². The Labute approximate surface area is 316 Å². The monoisotopic (exact) mass is 694 g/mol. The molecule has 1 aromatic heterocycles. The number of fused-ring (bicyclic) bond motifs is 5. The van der Waals surface area contributed by atoms with E-state index < -0.39 is 0 Å². The van der Waals surface area contributed by atoms with Crippen molar-refractivity contribution in [3.63, 3.8) is 0 Å². The van der Waals surface area contributed by atoms with Crippen molar-refractivity contribution in [2.75, 3.05) is 9.80 Å². The van der Waals surface area contributed by atoms with Crippen molar-refractivity contribution in [3.05, 3.63) is 205 Å². The number of furan rings is 1. The summed E-state index contributed by atoms with van der Waals surface area (Å²) in [7, 11) is 0. The van der Waals surface area contributed by atoms with Gasteiger partial charge in [-0.05, 0) is 106 Å². The molecule has 9 aromatic rings. The molecule has 2 heterocycles. The zero-order valence-corrected chi connectivity index (χ0v) is 30.3. The maximum absolute atomic E-state index is 6.36. The topological polar surface area (TPSA) is 19.6 Å². The van der Waals surface area contributed by atoms with Gasteiger partial charge in [-0.1, -0.05) is 129 Å². The predicted octanol–water partition coefficient (Wildman–Crippen LogP) is 14.5. The lowest BCUT2D eigenvalue weighted by atomic mass is 9.73. The van der Waals surface area contributed by atoms with Crippen LogP contribution in [-0.2, 0) is 5.41 Å². The lowest BCUT2D eigenvalue weighted by molar-refractivity contribution is 0.632. The molecule has 0 amide bonds. The summed E-state index contributed by atoms with van der Waals surface area (Å²) in [6.07, 6.45) is 0. The van der Waals surface area contributed by atoms with Gasteiger partial charge in [0.2, 0.25) is 0 Å². The molecular weight excluding hydrogens is 657 g/mol. The number of para-hydroxylation sites is 3. The second kappa shape index (κ2) is 12.7. The van der Waals surface area contributed by atoms with Crippen molar-refractivity contribution in [1.82, 2.24) is 0 Å². The van der Waals surface area contributed by atoms with Crippen LogP contribution in [0.1, 0.15) is 25.0 Å². The first-order valence-corrected chi connectivity index (χ1v) is 18.6. The van der Waals surface area contributed by atoms with E-state index in [-0.39, 0.29) is 5.41 Å². The number of rotatable bonds is 6. The van der Waals surface area contributed by atoms with E-state index >= 15 is 0 Å². The third-order valence-electron chi connectivity index (χ3n) is 11.1. The Bertz CT molecular complexity index is 2780. The van der Waals surface area contributed by atoms with E-state index in [1.807, 2.05) is 12.1 Å². The quantitative estimate of drug-likeness (QED) is 0.173. The first-order valence-electron chi connectivity index (χ1n) is 18.6. The zero-order valence-electron chi connectivity index (χ0n) is 30.3. The minimum Gasteiger partial charge on any atom is -0.456 e. The Balaban J connectivity index is 1.06.